The van der Waals surface area contributed by atoms with Crippen LogP contribution in [0.3, 0.4) is 0 Å². The highest BCUT2D eigenvalue weighted by atomic mass is 16.5. The number of aliphatic hydroxyl groups excluding tert-OH is 1. The lowest BCUT2D eigenvalue weighted by atomic mass is 10.5. The number of hydrogen-bond acceptors (Lipinski definition) is 5. The summed E-state index contributed by atoms with van der Waals surface area (Å²) in [5, 5.41) is 12.4. The molecule has 14 heavy (non-hydrogen) atoms. The average molecular weight is 199 g/mol. The lowest BCUT2D eigenvalue weighted by Crippen LogP contribution is -2.24. The number of aliphatic hydroxyl groups is 1. The van der Waals surface area contributed by atoms with Gasteiger partial charge in [0.2, 0.25) is 0 Å². The number of hydrogen-bond donors (Lipinski definition) is 2. The van der Waals surface area contributed by atoms with E-state index in [0.717, 1.165) is 4.68 Å². The first-order valence-electron chi connectivity index (χ1n) is 4.29. The summed E-state index contributed by atoms with van der Waals surface area (Å²) in [6.45, 7) is 0.816. The van der Waals surface area contributed by atoms with Crippen molar-refractivity contribution in [2.45, 2.75) is 6.54 Å². The monoisotopic (exact) mass is 199 g/mol. The van der Waals surface area contributed by atoms with E-state index in [0.29, 0.717) is 18.9 Å². The van der Waals surface area contributed by atoms with E-state index >= 15 is 0 Å². The van der Waals surface area contributed by atoms with Crippen LogP contribution in [0.2, 0.25) is 0 Å². The molecule has 6 nitrogen and oxygen atoms in total. The van der Waals surface area contributed by atoms with E-state index in [1.54, 1.807) is 0 Å². The molecule has 0 radical (unpaired) electrons. The minimum atomic E-state index is -0.298. The molecule has 0 saturated heterocycles. The molecule has 0 saturated carbocycles. The first-order valence-corrected chi connectivity index (χ1v) is 4.29. The van der Waals surface area contributed by atoms with Crippen molar-refractivity contribution in [1.82, 2.24) is 9.78 Å². The molecule has 0 aliphatic carbocycles. The quantitative estimate of drug-likeness (QED) is 0.607. The maximum atomic E-state index is 11.3. The maximum absolute atomic E-state index is 11.3. The van der Waals surface area contributed by atoms with Gasteiger partial charge in [0.1, 0.15) is 12.4 Å². The summed E-state index contributed by atoms with van der Waals surface area (Å²) < 4.78 is 6.27. The fourth-order valence-electron chi connectivity index (χ4n) is 0.935. The zero-order valence-corrected chi connectivity index (χ0v) is 7.72. The van der Waals surface area contributed by atoms with Crippen molar-refractivity contribution in [3.8, 4) is 5.75 Å². The normalized spacial score (nSPS) is 10.1. The molecule has 6 heteroatoms. The highest BCUT2D eigenvalue weighted by Gasteiger charge is 1.99. The van der Waals surface area contributed by atoms with Crippen molar-refractivity contribution in [3.63, 3.8) is 0 Å². The number of ether oxygens (including phenoxy) is 1. The largest absolute Gasteiger partial charge is 0.490 e. The Hall–Kier alpha value is -1.40. The fourth-order valence-corrected chi connectivity index (χ4v) is 0.935. The Labute approximate surface area is 80.9 Å². The second-order valence-electron chi connectivity index (χ2n) is 2.61. The Morgan fingerprint density at radius 2 is 2.43 bits per heavy atom. The molecule has 1 heterocycles. The third-order valence-corrected chi connectivity index (χ3v) is 1.54. The van der Waals surface area contributed by atoms with E-state index < -0.39 is 0 Å². The molecule has 0 aromatic carbocycles. The van der Waals surface area contributed by atoms with Gasteiger partial charge in [0.15, 0.2) is 0 Å². The number of nitrogens with two attached hydrogens (primary N) is 1. The Bertz CT molecular complexity index is 337. The van der Waals surface area contributed by atoms with E-state index in [2.05, 4.69) is 5.10 Å². The second-order valence-corrected chi connectivity index (χ2v) is 2.61. The van der Waals surface area contributed by atoms with Crippen molar-refractivity contribution in [1.29, 1.82) is 0 Å². The highest BCUT2D eigenvalue weighted by Crippen LogP contribution is 2.02. The lowest BCUT2D eigenvalue weighted by Gasteiger charge is -2.05. The van der Waals surface area contributed by atoms with Crippen molar-refractivity contribution in [2.75, 3.05) is 19.8 Å². The van der Waals surface area contributed by atoms with E-state index in [1.807, 2.05) is 0 Å². The predicted octanol–water partition coefficient (Wildman–Crippen LogP) is -1.43. The second kappa shape index (κ2) is 5.36. The van der Waals surface area contributed by atoms with Crippen LogP contribution in [0.5, 0.6) is 5.75 Å². The van der Waals surface area contributed by atoms with Gasteiger partial charge in [-0.1, -0.05) is 0 Å². The van der Waals surface area contributed by atoms with Gasteiger partial charge < -0.3 is 15.6 Å². The van der Waals surface area contributed by atoms with Gasteiger partial charge in [-0.2, -0.15) is 5.10 Å². The molecule has 0 amide bonds. The summed E-state index contributed by atoms with van der Waals surface area (Å²) in [4.78, 5) is 11.3. The lowest BCUT2D eigenvalue weighted by molar-refractivity contribution is 0.264. The molecular formula is C8H13N3O3. The first-order chi connectivity index (χ1) is 6.77. The molecule has 0 spiro atoms. The summed E-state index contributed by atoms with van der Waals surface area (Å²) in [5.41, 5.74) is 4.93. The van der Waals surface area contributed by atoms with Crippen molar-refractivity contribution >= 4 is 0 Å². The van der Waals surface area contributed by atoms with Crippen LogP contribution in [0.15, 0.2) is 17.1 Å². The van der Waals surface area contributed by atoms with Gasteiger partial charge in [-0.25, -0.2) is 4.68 Å². The van der Waals surface area contributed by atoms with Crippen LogP contribution in [0.1, 0.15) is 0 Å². The third kappa shape index (κ3) is 2.82. The van der Waals surface area contributed by atoms with Gasteiger partial charge >= 0.3 is 0 Å². The molecular weight excluding hydrogens is 186 g/mol. The Morgan fingerprint density at radius 1 is 1.64 bits per heavy atom. The van der Waals surface area contributed by atoms with Gasteiger partial charge in [0, 0.05) is 12.6 Å². The maximum Gasteiger partial charge on any atom is 0.270 e. The minimum absolute atomic E-state index is 0.115. The highest BCUT2D eigenvalue weighted by molar-refractivity contribution is 5.13. The van der Waals surface area contributed by atoms with E-state index in [1.165, 1.54) is 12.3 Å². The van der Waals surface area contributed by atoms with Crippen LogP contribution in [-0.2, 0) is 6.54 Å². The standard InChI is InChI=1S/C8H13N3O3/c9-1-4-14-7-5-8(13)11(2-3-12)10-6-7/h5-6,12H,1-4,9H2. The van der Waals surface area contributed by atoms with Crippen LogP contribution >= 0.6 is 0 Å². The smallest absolute Gasteiger partial charge is 0.270 e. The first kappa shape index (κ1) is 10.7. The number of nitrogens with zero attached hydrogens (tertiary/aromatic N) is 2. The molecule has 3 N–H and O–H groups in total. The van der Waals surface area contributed by atoms with Crippen LogP contribution in [0, 0.1) is 0 Å². The molecule has 0 unspecified atom stereocenters. The Balaban J connectivity index is 2.73. The fraction of sp³-hybridized carbons (Fsp3) is 0.500. The molecule has 0 aliphatic rings. The van der Waals surface area contributed by atoms with E-state index in [9.17, 15) is 4.79 Å². The minimum Gasteiger partial charge on any atom is -0.490 e. The molecule has 1 aromatic rings. The topological polar surface area (TPSA) is 90.4 Å². The summed E-state index contributed by atoms with van der Waals surface area (Å²) in [5.74, 6) is 0.398. The predicted molar refractivity (Wildman–Crippen MR) is 50.1 cm³/mol. The van der Waals surface area contributed by atoms with Crippen LogP contribution in [-0.4, -0.2) is 34.6 Å². The molecule has 78 valence electrons. The molecule has 0 aliphatic heterocycles. The molecule has 0 bridgehead atoms. The Kier molecular flexibility index (Phi) is 4.09. The van der Waals surface area contributed by atoms with E-state index in [4.69, 9.17) is 15.6 Å². The average Bonchev–Trinajstić information content (AvgIpc) is 2.19. The van der Waals surface area contributed by atoms with Gasteiger partial charge in [-0.05, 0) is 0 Å². The zero-order chi connectivity index (χ0) is 10.4. The van der Waals surface area contributed by atoms with Gasteiger partial charge in [-0.3, -0.25) is 4.79 Å². The summed E-state index contributed by atoms with van der Waals surface area (Å²) >= 11 is 0. The van der Waals surface area contributed by atoms with Gasteiger partial charge in [0.05, 0.1) is 19.3 Å². The summed E-state index contributed by atoms with van der Waals surface area (Å²) in [6.07, 6.45) is 1.42. The molecule has 1 rings (SSSR count). The van der Waals surface area contributed by atoms with Crippen LogP contribution < -0.4 is 16.0 Å². The molecule has 0 fully saturated rings. The molecule has 1 aromatic heterocycles. The van der Waals surface area contributed by atoms with Crippen molar-refractivity contribution < 1.29 is 9.84 Å². The number of aromatic nitrogens is 2. The summed E-state index contributed by atoms with van der Waals surface area (Å²) in [7, 11) is 0. The van der Waals surface area contributed by atoms with Gasteiger partial charge in [0.25, 0.3) is 5.56 Å². The summed E-state index contributed by atoms with van der Waals surface area (Å²) in [6, 6.07) is 1.32. The van der Waals surface area contributed by atoms with Gasteiger partial charge in [-0.15, -0.1) is 0 Å². The van der Waals surface area contributed by atoms with E-state index in [-0.39, 0.29) is 18.7 Å². The zero-order valence-electron chi connectivity index (χ0n) is 7.72. The third-order valence-electron chi connectivity index (χ3n) is 1.54. The van der Waals surface area contributed by atoms with Crippen molar-refractivity contribution in [3.05, 3.63) is 22.6 Å². The Morgan fingerprint density at radius 3 is 3.00 bits per heavy atom. The number of rotatable bonds is 5. The molecule has 0 atom stereocenters. The van der Waals surface area contributed by atoms with Crippen LogP contribution in [0.25, 0.3) is 0 Å². The van der Waals surface area contributed by atoms with Crippen molar-refractivity contribution in [2.24, 2.45) is 5.73 Å². The van der Waals surface area contributed by atoms with Crippen LogP contribution in [0.4, 0.5) is 0 Å². The SMILES string of the molecule is NCCOc1cnn(CCO)c(=O)c1.